The molecule has 3 amide bonds. The zero-order valence-electron chi connectivity index (χ0n) is 18.0. The number of furan rings is 1. The van der Waals surface area contributed by atoms with Crippen molar-refractivity contribution in [2.75, 3.05) is 40.5 Å². The summed E-state index contributed by atoms with van der Waals surface area (Å²) in [5, 5.41) is 8.74. The summed E-state index contributed by atoms with van der Waals surface area (Å²) >= 11 is 0. The van der Waals surface area contributed by atoms with Crippen LogP contribution in [0.3, 0.4) is 0 Å². The van der Waals surface area contributed by atoms with Crippen LogP contribution >= 0.6 is 0 Å². The topological polar surface area (TPSA) is 96.6 Å². The molecule has 1 atom stereocenters. The summed E-state index contributed by atoms with van der Waals surface area (Å²) in [5.41, 5.74) is 1.66. The molecule has 1 N–H and O–H groups in total. The van der Waals surface area contributed by atoms with E-state index in [4.69, 9.17) is 13.9 Å². The van der Waals surface area contributed by atoms with Crippen molar-refractivity contribution in [2.24, 2.45) is 5.10 Å². The number of benzene rings is 1. The number of carbonyl (C=O) groups excluding carboxylic acids is 2. The first-order valence-corrected chi connectivity index (χ1v) is 10.2. The highest BCUT2D eigenvalue weighted by molar-refractivity contribution is 6.03. The Morgan fingerprint density at radius 2 is 2.03 bits per heavy atom. The summed E-state index contributed by atoms with van der Waals surface area (Å²) in [6.45, 7) is 2.79. The molecule has 9 nitrogen and oxygen atoms in total. The van der Waals surface area contributed by atoms with Crippen molar-refractivity contribution >= 4 is 17.6 Å². The van der Waals surface area contributed by atoms with Gasteiger partial charge in [-0.15, -0.1) is 0 Å². The van der Waals surface area contributed by atoms with Crippen molar-refractivity contribution in [3.05, 3.63) is 54.0 Å². The number of nitrogens with zero attached hydrogens (tertiary/aromatic N) is 3. The van der Waals surface area contributed by atoms with E-state index in [1.165, 1.54) is 9.91 Å². The molecule has 31 heavy (non-hydrogen) atoms. The number of hydrazone groups is 1. The number of hydrogen-bond donors (Lipinski definition) is 1. The number of hydrogen-bond acceptors (Lipinski definition) is 6. The lowest BCUT2D eigenvalue weighted by molar-refractivity contribution is -0.134. The van der Waals surface area contributed by atoms with Crippen LogP contribution in [0.25, 0.3) is 0 Å². The first-order chi connectivity index (χ1) is 15.1. The lowest BCUT2D eigenvalue weighted by Gasteiger charge is -2.26. The monoisotopic (exact) mass is 428 g/mol. The Morgan fingerprint density at radius 1 is 1.26 bits per heavy atom. The molecule has 0 unspecified atom stereocenters. The molecule has 0 fully saturated rings. The average molecular weight is 428 g/mol. The molecule has 1 aliphatic heterocycles. The van der Waals surface area contributed by atoms with Gasteiger partial charge in [-0.25, -0.2) is 9.80 Å². The Kier molecular flexibility index (Phi) is 7.66. The van der Waals surface area contributed by atoms with E-state index in [1.54, 1.807) is 26.5 Å². The molecular formula is C22H28N4O5. The van der Waals surface area contributed by atoms with Crippen LogP contribution < -0.4 is 10.1 Å². The van der Waals surface area contributed by atoms with Gasteiger partial charge in [-0.2, -0.15) is 5.10 Å². The van der Waals surface area contributed by atoms with E-state index < -0.39 is 0 Å². The molecule has 3 rings (SSSR count). The van der Waals surface area contributed by atoms with Gasteiger partial charge >= 0.3 is 6.03 Å². The molecule has 1 aromatic heterocycles. The van der Waals surface area contributed by atoms with Gasteiger partial charge in [-0.3, -0.25) is 4.79 Å². The SMILES string of the molecule is CCNC(=O)N(CCOC)CC(=O)N1N=C(c2ccc(OC)cc2)C[C@H]1c1ccco1. The van der Waals surface area contributed by atoms with Crippen LogP contribution in [0.4, 0.5) is 4.79 Å². The first-order valence-electron chi connectivity index (χ1n) is 10.2. The van der Waals surface area contributed by atoms with Crippen LogP contribution in [0.1, 0.15) is 30.7 Å². The van der Waals surface area contributed by atoms with Gasteiger partial charge in [-0.05, 0) is 48.9 Å². The lowest BCUT2D eigenvalue weighted by Crippen LogP contribution is -2.47. The second kappa shape index (κ2) is 10.6. The van der Waals surface area contributed by atoms with Crippen LogP contribution in [-0.4, -0.2) is 68.0 Å². The highest BCUT2D eigenvalue weighted by atomic mass is 16.5. The van der Waals surface area contributed by atoms with E-state index in [-0.39, 0.29) is 24.5 Å². The third kappa shape index (κ3) is 5.43. The van der Waals surface area contributed by atoms with Crippen LogP contribution in [-0.2, 0) is 9.53 Å². The van der Waals surface area contributed by atoms with Crippen molar-refractivity contribution < 1.29 is 23.5 Å². The van der Waals surface area contributed by atoms with Gasteiger partial charge in [0.2, 0.25) is 0 Å². The first kappa shape index (κ1) is 22.4. The smallest absolute Gasteiger partial charge is 0.317 e. The number of amides is 3. The van der Waals surface area contributed by atoms with Gasteiger partial charge < -0.3 is 24.1 Å². The Balaban J connectivity index is 1.83. The van der Waals surface area contributed by atoms with E-state index in [0.717, 1.165) is 17.0 Å². The third-order valence-electron chi connectivity index (χ3n) is 4.97. The molecule has 0 saturated carbocycles. The Hall–Kier alpha value is -3.33. The van der Waals surface area contributed by atoms with Crippen LogP contribution in [0.2, 0.25) is 0 Å². The summed E-state index contributed by atoms with van der Waals surface area (Å²) in [5.74, 6) is 1.09. The molecule has 0 radical (unpaired) electrons. The molecule has 2 heterocycles. The van der Waals surface area contributed by atoms with Gasteiger partial charge in [0, 0.05) is 26.6 Å². The normalized spacial score (nSPS) is 15.5. The number of urea groups is 1. The van der Waals surface area contributed by atoms with Crippen molar-refractivity contribution in [3.63, 3.8) is 0 Å². The van der Waals surface area contributed by atoms with E-state index in [0.29, 0.717) is 31.9 Å². The maximum absolute atomic E-state index is 13.2. The summed E-state index contributed by atoms with van der Waals surface area (Å²) in [4.78, 5) is 27.0. The predicted molar refractivity (Wildman–Crippen MR) is 115 cm³/mol. The van der Waals surface area contributed by atoms with Crippen molar-refractivity contribution in [3.8, 4) is 5.75 Å². The molecule has 0 aliphatic carbocycles. The average Bonchev–Trinajstić information content (AvgIpc) is 3.46. The molecule has 0 saturated heterocycles. The second-order valence-corrected chi connectivity index (χ2v) is 7.00. The highest BCUT2D eigenvalue weighted by Crippen LogP contribution is 2.33. The summed E-state index contributed by atoms with van der Waals surface area (Å²) in [6, 6.07) is 10.4. The maximum Gasteiger partial charge on any atom is 0.317 e. The molecule has 1 aliphatic rings. The zero-order chi connectivity index (χ0) is 22.2. The quantitative estimate of drug-likeness (QED) is 0.662. The van der Waals surface area contributed by atoms with Crippen molar-refractivity contribution in [1.29, 1.82) is 0 Å². The van der Waals surface area contributed by atoms with Gasteiger partial charge in [-0.1, -0.05) is 0 Å². The number of carbonyl (C=O) groups is 2. The fraction of sp³-hybridized carbons (Fsp3) is 0.409. The van der Waals surface area contributed by atoms with Gasteiger partial charge in [0.15, 0.2) is 0 Å². The van der Waals surface area contributed by atoms with E-state index in [9.17, 15) is 9.59 Å². The van der Waals surface area contributed by atoms with E-state index in [1.807, 2.05) is 37.3 Å². The van der Waals surface area contributed by atoms with E-state index in [2.05, 4.69) is 10.4 Å². The summed E-state index contributed by atoms with van der Waals surface area (Å²) in [6.07, 6.45) is 2.08. The molecule has 1 aromatic carbocycles. The second-order valence-electron chi connectivity index (χ2n) is 7.00. The van der Waals surface area contributed by atoms with Crippen LogP contribution in [0.15, 0.2) is 52.2 Å². The maximum atomic E-state index is 13.2. The van der Waals surface area contributed by atoms with Crippen LogP contribution in [0.5, 0.6) is 5.75 Å². The van der Waals surface area contributed by atoms with Crippen LogP contribution in [0, 0.1) is 0 Å². The Morgan fingerprint density at radius 3 is 2.65 bits per heavy atom. The number of ether oxygens (including phenoxy) is 2. The van der Waals surface area contributed by atoms with Gasteiger partial charge in [0.25, 0.3) is 5.91 Å². The predicted octanol–water partition coefficient (Wildman–Crippen LogP) is 2.64. The molecule has 0 spiro atoms. The fourth-order valence-electron chi connectivity index (χ4n) is 3.35. The number of methoxy groups -OCH3 is 2. The van der Waals surface area contributed by atoms with Crippen molar-refractivity contribution in [1.82, 2.24) is 15.2 Å². The Bertz CT molecular complexity index is 895. The molecule has 166 valence electrons. The standard InChI is InChI=1S/C22H28N4O5/c1-4-23-22(28)25(11-13-29-2)15-21(27)26-19(20-6-5-12-31-20)14-18(24-26)16-7-9-17(30-3)10-8-16/h5-10,12,19H,4,11,13-15H2,1-3H3,(H,23,28)/t19-/m0/s1. The highest BCUT2D eigenvalue weighted by Gasteiger charge is 2.35. The molecule has 9 heteroatoms. The number of rotatable bonds is 9. The molecule has 2 aromatic rings. The Labute approximate surface area is 181 Å². The number of nitrogens with one attached hydrogen (secondary N) is 1. The minimum absolute atomic E-state index is 0.119. The van der Waals surface area contributed by atoms with E-state index >= 15 is 0 Å². The summed E-state index contributed by atoms with van der Waals surface area (Å²) in [7, 11) is 3.16. The third-order valence-corrected chi connectivity index (χ3v) is 4.97. The van der Waals surface area contributed by atoms with Crippen molar-refractivity contribution in [2.45, 2.75) is 19.4 Å². The lowest BCUT2D eigenvalue weighted by atomic mass is 10.0. The molecular weight excluding hydrogens is 400 g/mol. The zero-order valence-corrected chi connectivity index (χ0v) is 18.0. The molecule has 0 bridgehead atoms. The van der Waals surface area contributed by atoms with Gasteiger partial charge in [0.1, 0.15) is 24.1 Å². The summed E-state index contributed by atoms with van der Waals surface area (Å²) < 4.78 is 15.9. The van der Waals surface area contributed by atoms with Gasteiger partial charge in [0.05, 0.1) is 25.7 Å². The largest absolute Gasteiger partial charge is 0.497 e. The minimum Gasteiger partial charge on any atom is -0.497 e. The fourth-order valence-corrected chi connectivity index (χ4v) is 3.35. The minimum atomic E-state index is -0.377.